The van der Waals surface area contributed by atoms with Crippen LogP contribution in [0, 0.1) is 17.8 Å². The van der Waals surface area contributed by atoms with Crippen molar-refractivity contribution in [1.82, 2.24) is 5.32 Å². The largest absolute Gasteiger partial charge is 0.369 e. The summed E-state index contributed by atoms with van der Waals surface area (Å²) in [7, 11) is 0. The molecule has 2 atom stereocenters. The molecule has 0 aromatic carbocycles. The minimum atomic E-state index is 0.648. The van der Waals surface area contributed by atoms with Crippen molar-refractivity contribution in [2.24, 2.45) is 17.8 Å². The SMILES string of the molecule is CC(C)CCNC1CC(C(C)C)CN(c2ccsc2)C1. The van der Waals surface area contributed by atoms with Crippen LogP contribution in [0.4, 0.5) is 5.69 Å². The van der Waals surface area contributed by atoms with E-state index in [4.69, 9.17) is 0 Å². The van der Waals surface area contributed by atoms with E-state index in [1.54, 1.807) is 11.3 Å². The molecular formula is C17H30N2S. The molecule has 1 aromatic heterocycles. The van der Waals surface area contributed by atoms with Gasteiger partial charge in [-0.1, -0.05) is 27.7 Å². The van der Waals surface area contributed by atoms with Crippen molar-refractivity contribution in [3.63, 3.8) is 0 Å². The zero-order valence-electron chi connectivity index (χ0n) is 13.4. The Morgan fingerprint density at radius 2 is 2.10 bits per heavy atom. The van der Waals surface area contributed by atoms with Crippen LogP contribution in [-0.2, 0) is 0 Å². The number of thiophene rings is 1. The first-order valence-corrected chi connectivity index (χ1v) is 9.01. The summed E-state index contributed by atoms with van der Waals surface area (Å²) in [5.74, 6) is 2.37. The minimum Gasteiger partial charge on any atom is -0.369 e. The van der Waals surface area contributed by atoms with E-state index >= 15 is 0 Å². The number of nitrogens with zero attached hydrogens (tertiary/aromatic N) is 1. The molecule has 2 rings (SSSR count). The fraction of sp³-hybridized carbons (Fsp3) is 0.765. The topological polar surface area (TPSA) is 15.3 Å². The quantitative estimate of drug-likeness (QED) is 0.844. The molecule has 1 N–H and O–H groups in total. The highest BCUT2D eigenvalue weighted by atomic mass is 32.1. The lowest BCUT2D eigenvalue weighted by molar-refractivity contribution is 0.270. The molecule has 1 aliphatic heterocycles. The summed E-state index contributed by atoms with van der Waals surface area (Å²) in [6, 6.07) is 2.91. The first-order chi connectivity index (χ1) is 9.56. The van der Waals surface area contributed by atoms with Crippen molar-refractivity contribution >= 4 is 17.0 Å². The third kappa shape index (κ3) is 4.49. The lowest BCUT2D eigenvalue weighted by Crippen LogP contribution is -2.50. The van der Waals surface area contributed by atoms with Crippen LogP contribution < -0.4 is 10.2 Å². The molecule has 0 amide bonds. The van der Waals surface area contributed by atoms with Crippen molar-refractivity contribution in [2.75, 3.05) is 24.5 Å². The van der Waals surface area contributed by atoms with E-state index < -0.39 is 0 Å². The van der Waals surface area contributed by atoms with Gasteiger partial charge in [0.05, 0.1) is 0 Å². The number of hydrogen-bond acceptors (Lipinski definition) is 3. The van der Waals surface area contributed by atoms with Crippen LogP contribution in [0.2, 0.25) is 0 Å². The number of nitrogens with one attached hydrogen (secondary N) is 1. The lowest BCUT2D eigenvalue weighted by Gasteiger charge is -2.41. The van der Waals surface area contributed by atoms with E-state index in [2.05, 4.69) is 54.7 Å². The fourth-order valence-electron chi connectivity index (χ4n) is 2.99. The molecule has 0 bridgehead atoms. The predicted molar refractivity (Wildman–Crippen MR) is 90.7 cm³/mol. The Balaban J connectivity index is 1.94. The summed E-state index contributed by atoms with van der Waals surface area (Å²) in [6.45, 7) is 12.9. The van der Waals surface area contributed by atoms with Gasteiger partial charge in [0.25, 0.3) is 0 Å². The monoisotopic (exact) mass is 294 g/mol. The second-order valence-electron chi connectivity index (χ2n) is 6.96. The lowest BCUT2D eigenvalue weighted by atomic mass is 9.85. The van der Waals surface area contributed by atoms with Crippen LogP contribution in [0.15, 0.2) is 16.8 Å². The molecule has 20 heavy (non-hydrogen) atoms. The highest BCUT2D eigenvalue weighted by Gasteiger charge is 2.28. The van der Waals surface area contributed by atoms with Crippen molar-refractivity contribution in [1.29, 1.82) is 0 Å². The minimum absolute atomic E-state index is 0.648. The van der Waals surface area contributed by atoms with Gasteiger partial charge < -0.3 is 10.2 Å². The zero-order valence-corrected chi connectivity index (χ0v) is 14.2. The molecule has 1 saturated heterocycles. The molecule has 114 valence electrons. The van der Waals surface area contributed by atoms with Gasteiger partial charge in [-0.15, -0.1) is 0 Å². The van der Waals surface area contributed by atoms with E-state index in [0.717, 1.165) is 30.8 Å². The van der Waals surface area contributed by atoms with Crippen LogP contribution in [-0.4, -0.2) is 25.7 Å². The average molecular weight is 295 g/mol. The van der Waals surface area contributed by atoms with Gasteiger partial charge in [0.2, 0.25) is 0 Å². The molecule has 0 radical (unpaired) electrons. The molecule has 2 heterocycles. The standard InChI is InChI=1S/C17H30N2S/c1-13(2)5-7-18-16-9-15(14(3)4)10-19(11-16)17-6-8-20-12-17/h6,8,12-16,18H,5,7,9-11H2,1-4H3. The van der Waals surface area contributed by atoms with Gasteiger partial charge in [-0.3, -0.25) is 0 Å². The zero-order chi connectivity index (χ0) is 14.5. The molecule has 1 fully saturated rings. The Kier molecular flexibility index (Phi) is 5.91. The molecule has 1 aromatic rings. The van der Waals surface area contributed by atoms with Gasteiger partial charge in [0, 0.05) is 30.2 Å². The van der Waals surface area contributed by atoms with Gasteiger partial charge in [0.1, 0.15) is 0 Å². The molecule has 3 heteroatoms. The second-order valence-corrected chi connectivity index (χ2v) is 7.74. The maximum Gasteiger partial charge on any atom is 0.0475 e. The van der Waals surface area contributed by atoms with Crippen LogP contribution in [0.1, 0.15) is 40.5 Å². The fourth-order valence-corrected chi connectivity index (χ4v) is 3.66. The maximum absolute atomic E-state index is 3.79. The maximum atomic E-state index is 3.79. The highest BCUT2D eigenvalue weighted by Crippen LogP contribution is 2.29. The van der Waals surface area contributed by atoms with Crippen molar-refractivity contribution in [3.05, 3.63) is 16.8 Å². The van der Waals surface area contributed by atoms with Gasteiger partial charge >= 0.3 is 0 Å². The van der Waals surface area contributed by atoms with Crippen LogP contribution >= 0.6 is 11.3 Å². The molecule has 0 spiro atoms. The summed E-state index contributed by atoms with van der Waals surface area (Å²) >= 11 is 1.80. The van der Waals surface area contributed by atoms with Crippen LogP contribution in [0.5, 0.6) is 0 Å². The first kappa shape index (κ1) is 15.8. The van der Waals surface area contributed by atoms with Gasteiger partial charge in [-0.2, -0.15) is 11.3 Å². The van der Waals surface area contributed by atoms with E-state index in [9.17, 15) is 0 Å². The first-order valence-electron chi connectivity index (χ1n) is 8.06. The molecule has 1 aliphatic rings. The van der Waals surface area contributed by atoms with E-state index in [0.29, 0.717) is 6.04 Å². The Bertz CT molecular complexity index is 372. The summed E-state index contributed by atoms with van der Waals surface area (Å²) < 4.78 is 0. The Morgan fingerprint density at radius 1 is 1.30 bits per heavy atom. The molecule has 0 saturated carbocycles. The second kappa shape index (κ2) is 7.46. The Hall–Kier alpha value is -0.540. The summed E-state index contributed by atoms with van der Waals surface area (Å²) in [5, 5.41) is 8.27. The third-order valence-electron chi connectivity index (χ3n) is 4.45. The molecule has 2 unspecified atom stereocenters. The van der Waals surface area contributed by atoms with Crippen LogP contribution in [0.3, 0.4) is 0 Å². The third-order valence-corrected chi connectivity index (χ3v) is 5.12. The van der Waals surface area contributed by atoms with Crippen molar-refractivity contribution < 1.29 is 0 Å². The number of rotatable bonds is 6. The Labute approximate surface area is 128 Å². The molecule has 2 nitrogen and oxygen atoms in total. The Morgan fingerprint density at radius 3 is 2.70 bits per heavy atom. The predicted octanol–water partition coefficient (Wildman–Crippen LogP) is 4.23. The average Bonchev–Trinajstić information content (AvgIpc) is 2.91. The van der Waals surface area contributed by atoms with Gasteiger partial charge in [0.15, 0.2) is 0 Å². The number of piperidine rings is 1. The van der Waals surface area contributed by atoms with E-state index in [-0.39, 0.29) is 0 Å². The highest BCUT2D eigenvalue weighted by molar-refractivity contribution is 7.08. The number of hydrogen-bond donors (Lipinski definition) is 1. The van der Waals surface area contributed by atoms with E-state index in [1.807, 2.05) is 0 Å². The molecule has 0 aliphatic carbocycles. The smallest absolute Gasteiger partial charge is 0.0475 e. The summed E-state index contributed by atoms with van der Waals surface area (Å²) in [6.07, 6.45) is 2.61. The van der Waals surface area contributed by atoms with Crippen molar-refractivity contribution in [3.8, 4) is 0 Å². The van der Waals surface area contributed by atoms with E-state index in [1.165, 1.54) is 25.1 Å². The summed E-state index contributed by atoms with van der Waals surface area (Å²) in [5.41, 5.74) is 1.41. The molecular weight excluding hydrogens is 264 g/mol. The number of anilines is 1. The normalized spacial score (nSPS) is 23.8. The van der Waals surface area contributed by atoms with Gasteiger partial charge in [-0.05, 0) is 48.6 Å². The van der Waals surface area contributed by atoms with Gasteiger partial charge in [-0.25, -0.2) is 0 Å². The van der Waals surface area contributed by atoms with Crippen molar-refractivity contribution in [2.45, 2.75) is 46.6 Å². The summed E-state index contributed by atoms with van der Waals surface area (Å²) in [4.78, 5) is 2.58. The van der Waals surface area contributed by atoms with Crippen LogP contribution in [0.25, 0.3) is 0 Å².